The van der Waals surface area contributed by atoms with Crippen molar-refractivity contribution < 1.29 is 14.6 Å². The topological polar surface area (TPSA) is 77.2 Å². The highest BCUT2D eigenvalue weighted by atomic mass is 35.5. The van der Waals surface area contributed by atoms with Crippen LogP contribution in [0.5, 0.6) is 5.75 Å². The number of methoxy groups -OCH3 is 1. The molecular weight excluding hydrogens is 330 g/mol. The number of ether oxygens (including phenoxy) is 1. The quantitative estimate of drug-likeness (QED) is 0.783. The highest BCUT2D eigenvalue weighted by molar-refractivity contribution is 6.30. The highest BCUT2D eigenvalue weighted by Gasteiger charge is 2.23. The number of carboxylic acid groups (broad SMARTS) is 1. The number of carboxylic acids is 1. The summed E-state index contributed by atoms with van der Waals surface area (Å²) in [5, 5.41) is 17.7. The van der Waals surface area contributed by atoms with E-state index in [0.717, 1.165) is 5.56 Å². The van der Waals surface area contributed by atoms with Gasteiger partial charge in [0, 0.05) is 10.6 Å². The molecule has 1 aromatic heterocycles. The van der Waals surface area contributed by atoms with Crippen LogP contribution in [0.4, 0.5) is 0 Å². The summed E-state index contributed by atoms with van der Waals surface area (Å²) in [5.74, 6) is -0.646. The Bertz CT molecular complexity index is 904. The Morgan fingerprint density at radius 2 is 1.92 bits per heavy atom. The van der Waals surface area contributed by atoms with Crippen LogP contribution in [0.1, 0.15) is 16.1 Å². The van der Waals surface area contributed by atoms with Crippen LogP contribution >= 0.6 is 11.6 Å². The van der Waals surface area contributed by atoms with Crippen molar-refractivity contribution in [1.82, 2.24) is 15.0 Å². The molecule has 0 saturated heterocycles. The van der Waals surface area contributed by atoms with Gasteiger partial charge in [0.25, 0.3) is 0 Å². The van der Waals surface area contributed by atoms with E-state index >= 15 is 0 Å². The van der Waals surface area contributed by atoms with Gasteiger partial charge in [0.15, 0.2) is 5.69 Å². The maximum Gasteiger partial charge on any atom is 0.358 e. The number of aryl methyl sites for hydroxylation is 1. The average molecular weight is 344 g/mol. The zero-order valence-electron chi connectivity index (χ0n) is 13.0. The summed E-state index contributed by atoms with van der Waals surface area (Å²) in [7, 11) is 1.52. The van der Waals surface area contributed by atoms with Crippen LogP contribution < -0.4 is 4.74 Å². The van der Waals surface area contributed by atoms with Crippen molar-refractivity contribution in [2.45, 2.75) is 6.92 Å². The molecule has 6 nitrogen and oxygen atoms in total. The Kier molecular flexibility index (Phi) is 4.22. The van der Waals surface area contributed by atoms with E-state index in [1.165, 1.54) is 11.8 Å². The molecule has 0 fully saturated rings. The van der Waals surface area contributed by atoms with Crippen LogP contribution in [0, 0.1) is 6.92 Å². The SMILES string of the molecule is COc1ccc(Cl)cc1-n1nnc(C(=O)O)c1-c1ccc(C)cc1. The second kappa shape index (κ2) is 6.33. The lowest BCUT2D eigenvalue weighted by Crippen LogP contribution is -2.04. The van der Waals surface area contributed by atoms with Gasteiger partial charge in [-0.25, -0.2) is 9.48 Å². The van der Waals surface area contributed by atoms with Gasteiger partial charge in [-0.3, -0.25) is 0 Å². The third-order valence-corrected chi connectivity index (χ3v) is 3.80. The molecule has 0 bridgehead atoms. The number of carbonyl (C=O) groups is 1. The van der Waals surface area contributed by atoms with Gasteiger partial charge < -0.3 is 9.84 Å². The Morgan fingerprint density at radius 1 is 1.21 bits per heavy atom. The monoisotopic (exact) mass is 343 g/mol. The van der Waals surface area contributed by atoms with Crippen LogP contribution in [0.25, 0.3) is 16.9 Å². The molecule has 24 heavy (non-hydrogen) atoms. The minimum Gasteiger partial charge on any atom is -0.494 e. The first-order valence-electron chi connectivity index (χ1n) is 7.11. The number of aromatic carboxylic acids is 1. The third kappa shape index (κ3) is 2.83. The number of hydrogen-bond acceptors (Lipinski definition) is 4. The van der Waals surface area contributed by atoms with Gasteiger partial charge in [-0.05, 0) is 25.1 Å². The molecule has 3 aromatic rings. The van der Waals surface area contributed by atoms with E-state index < -0.39 is 5.97 Å². The first kappa shape index (κ1) is 16.0. The van der Waals surface area contributed by atoms with Crippen molar-refractivity contribution in [2.75, 3.05) is 7.11 Å². The van der Waals surface area contributed by atoms with Crippen LogP contribution in [0.3, 0.4) is 0 Å². The van der Waals surface area contributed by atoms with Crippen LogP contribution in [0.15, 0.2) is 42.5 Å². The van der Waals surface area contributed by atoms with Crippen LogP contribution in [-0.2, 0) is 0 Å². The summed E-state index contributed by atoms with van der Waals surface area (Å²) < 4.78 is 6.77. The van der Waals surface area contributed by atoms with Gasteiger partial charge in [-0.1, -0.05) is 46.6 Å². The predicted molar refractivity (Wildman–Crippen MR) is 90.1 cm³/mol. The molecule has 0 aliphatic carbocycles. The molecule has 0 aliphatic rings. The summed E-state index contributed by atoms with van der Waals surface area (Å²) in [6, 6.07) is 12.5. The molecule has 0 spiro atoms. The normalized spacial score (nSPS) is 10.6. The molecule has 0 amide bonds. The number of nitrogens with zero attached hydrogens (tertiary/aromatic N) is 3. The molecule has 1 heterocycles. The molecular formula is C17H14ClN3O3. The standard InChI is InChI=1S/C17H14ClN3O3/c1-10-3-5-11(6-4-10)16-15(17(22)23)19-20-21(16)13-9-12(18)7-8-14(13)24-2/h3-9H,1-2H3,(H,22,23). The zero-order chi connectivity index (χ0) is 17.3. The molecule has 0 atom stereocenters. The van der Waals surface area contributed by atoms with Crippen molar-refractivity contribution in [1.29, 1.82) is 0 Å². The fourth-order valence-corrected chi connectivity index (χ4v) is 2.56. The number of hydrogen-bond donors (Lipinski definition) is 1. The molecule has 0 radical (unpaired) electrons. The highest BCUT2D eigenvalue weighted by Crippen LogP contribution is 2.31. The summed E-state index contributed by atoms with van der Waals surface area (Å²) in [6.45, 7) is 1.96. The first-order valence-corrected chi connectivity index (χ1v) is 7.49. The Morgan fingerprint density at radius 3 is 2.54 bits per heavy atom. The van der Waals surface area contributed by atoms with Crippen molar-refractivity contribution in [2.24, 2.45) is 0 Å². The van der Waals surface area contributed by atoms with E-state index in [4.69, 9.17) is 16.3 Å². The molecule has 0 saturated carbocycles. The van der Waals surface area contributed by atoms with Crippen molar-refractivity contribution in [3.8, 4) is 22.7 Å². The van der Waals surface area contributed by atoms with Crippen molar-refractivity contribution in [3.63, 3.8) is 0 Å². The predicted octanol–water partition coefficient (Wildman–Crippen LogP) is 3.60. The lowest BCUT2D eigenvalue weighted by molar-refractivity contribution is 0.0691. The minimum atomic E-state index is -1.15. The average Bonchev–Trinajstić information content (AvgIpc) is 3.00. The lowest BCUT2D eigenvalue weighted by atomic mass is 10.1. The van der Waals surface area contributed by atoms with Gasteiger partial charge in [0.1, 0.15) is 17.1 Å². The van der Waals surface area contributed by atoms with Crippen molar-refractivity contribution >= 4 is 17.6 Å². The Hall–Kier alpha value is -2.86. The molecule has 2 aromatic carbocycles. The largest absolute Gasteiger partial charge is 0.494 e. The summed E-state index contributed by atoms with van der Waals surface area (Å²) in [6.07, 6.45) is 0. The van der Waals surface area contributed by atoms with E-state index in [1.807, 2.05) is 31.2 Å². The number of benzene rings is 2. The van der Waals surface area contributed by atoms with E-state index in [0.29, 0.717) is 27.7 Å². The summed E-state index contributed by atoms with van der Waals surface area (Å²) in [5.41, 5.74) is 2.49. The number of halogens is 1. The van der Waals surface area contributed by atoms with Crippen LogP contribution in [-0.4, -0.2) is 33.2 Å². The van der Waals surface area contributed by atoms with Crippen molar-refractivity contribution in [3.05, 3.63) is 58.7 Å². The van der Waals surface area contributed by atoms with Gasteiger partial charge >= 0.3 is 5.97 Å². The van der Waals surface area contributed by atoms with Crippen LogP contribution in [0.2, 0.25) is 5.02 Å². The van der Waals surface area contributed by atoms with E-state index in [9.17, 15) is 9.90 Å². The Labute approximate surface area is 143 Å². The molecule has 0 aliphatic heterocycles. The van der Waals surface area contributed by atoms with Gasteiger partial charge in [0.2, 0.25) is 0 Å². The fourth-order valence-electron chi connectivity index (χ4n) is 2.39. The molecule has 3 rings (SSSR count). The van der Waals surface area contributed by atoms with Gasteiger partial charge in [-0.15, -0.1) is 5.10 Å². The van der Waals surface area contributed by atoms with Gasteiger partial charge in [0.05, 0.1) is 7.11 Å². The summed E-state index contributed by atoms with van der Waals surface area (Å²) in [4.78, 5) is 11.6. The summed E-state index contributed by atoms with van der Waals surface area (Å²) >= 11 is 6.08. The van der Waals surface area contributed by atoms with E-state index in [2.05, 4.69) is 10.3 Å². The fraction of sp³-hybridized carbons (Fsp3) is 0.118. The molecule has 7 heteroatoms. The Balaban J connectivity index is 2.29. The smallest absolute Gasteiger partial charge is 0.358 e. The minimum absolute atomic E-state index is 0.138. The zero-order valence-corrected chi connectivity index (χ0v) is 13.8. The lowest BCUT2D eigenvalue weighted by Gasteiger charge is -2.12. The van der Waals surface area contributed by atoms with E-state index in [1.54, 1.807) is 18.2 Å². The number of aromatic nitrogens is 3. The van der Waals surface area contributed by atoms with E-state index in [-0.39, 0.29) is 5.69 Å². The second-order valence-corrected chi connectivity index (χ2v) is 5.62. The molecule has 1 N–H and O–H groups in total. The van der Waals surface area contributed by atoms with Gasteiger partial charge in [-0.2, -0.15) is 0 Å². The second-order valence-electron chi connectivity index (χ2n) is 5.19. The third-order valence-electron chi connectivity index (χ3n) is 3.57. The first-order chi connectivity index (χ1) is 11.5. The maximum atomic E-state index is 11.6. The molecule has 0 unspecified atom stereocenters. The molecule has 122 valence electrons. The maximum absolute atomic E-state index is 11.6. The number of rotatable bonds is 4.